The number of ether oxygens (including phenoxy) is 2. The standard InChI is InChI=1S/C16H18N2O3/c1-16(2)13(7-14(16)19)18-15-10-6-12-11(20-8-21-12)5-9(10)3-4-17-15/h3-6,13-14,19H,7-8H2,1-2H3,(H,17,18). The maximum atomic E-state index is 9.87. The van der Waals surface area contributed by atoms with Gasteiger partial charge in [0.05, 0.1) is 6.10 Å². The highest BCUT2D eigenvalue weighted by Gasteiger charge is 2.47. The summed E-state index contributed by atoms with van der Waals surface area (Å²) < 4.78 is 10.9. The SMILES string of the molecule is CC1(C)C(O)CC1Nc1nccc2cc3c(cc12)OCO3. The van der Waals surface area contributed by atoms with Crippen molar-refractivity contribution in [1.29, 1.82) is 0 Å². The van der Waals surface area contributed by atoms with Crippen LogP contribution in [-0.2, 0) is 0 Å². The molecule has 0 saturated heterocycles. The van der Waals surface area contributed by atoms with Crippen LogP contribution in [0.2, 0.25) is 0 Å². The fraction of sp³-hybridized carbons (Fsp3) is 0.438. The Balaban J connectivity index is 1.72. The van der Waals surface area contributed by atoms with Gasteiger partial charge in [-0.25, -0.2) is 4.98 Å². The first-order valence-electron chi connectivity index (χ1n) is 7.18. The highest BCUT2D eigenvalue weighted by Crippen LogP contribution is 2.43. The number of hydrogen-bond donors (Lipinski definition) is 2. The van der Waals surface area contributed by atoms with E-state index < -0.39 is 0 Å². The van der Waals surface area contributed by atoms with Crippen LogP contribution in [-0.4, -0.2) is 29.0 Å². The summed E-state index contributed by atoms with van der Waals surface area (Å²) in [6.45, 7) is 4.40. The van der Waals surface area contributed by atoms with Crippen molar-refractivity contribution in [3.8, 4) is 11.5 Å². The molecule has 5 heteroatoms. The van der Waals surface area contributed by atoms with E-state index in [1.165, 1.54) is 0 Å². The van der Waals surface area contributed by atoms with Gasteiger partial charge in [-0.2, -0.15) is 0 Å². The van der Waals surface area contributed by atoms with Gasteiger partial charge in [0, 0.05) is 23.0 Å². The molecule has 5 nitrogen and oxygen atoms in total. The number of benzene rings is 1. The van der Waals surface area contributed by atoms with E-state index in [0.29, 0.717) is 0 Å². The molecule has 2 N–H and O–H groups in total. The van der Waals surface area contributed by atoms with Crippen LogP contribution in [0.3, 0.4) is 0 Å². The van der Waals surface area contributed by atoms with Crippen LogP contribution in [0, 0.1) is 5.41 Å². The molecule has 0 radical (unpaired) electrons. The van der Waals surface area contributed by atoms with Crippen LogP contribution < -0.4 is 14.8 Å². The number of rotatable bonds is 2. The normalized spacial score (nSPS) is 25.7. The summed E-state index contributed by atoms with van der Waals surface area (Å²) in [5.41, 5.74) is -0.139. The number of aliphatic hydroxyl groups excluding tert-OH is 1. The van der Waals surface area contributed by atoms with E-state index in [-0.39, 0.29) is 24.4 Å². The first-order valence-corrected chi connectivity index (χ1v) is 7.18. The molecule has 0 bridgehead atoms. The summed E-state index contributed by atoms with van der Waals surface area (Å²) in [6.07, 6.45) is 2.27. The largest absolute Gasteiger partial charge is 0.454 e. The monoisotopic (exact) mass is 286 g/mol. The molecule has 2 aromatic rings. The summed E-state index contributed by atoms with van der Waals surface area (Å²) in [6, 6.07) is 6.12. The van der Waals surface area contributed by atoms with Gasteiger partial charge in [0.15, 0.2) is 11.5 Å². The predicted octanol–water partition coefficient (Wildman–Crippen LogP) is 2.53. The second kappa shape index (κ2) is 4.24. The van der Waals surface area contributed by atoms with Crippen LogP contribution >= 0.6 is 0 Å². The van der Waals surface area contributed by atoms with E-state index in [9.17, 15) is 5.11 Å². The summed E-state index contributed by atoms with van der Waals surface area (Å²) in [5.74, 6) is 2.36. The molecule has 2 atom stereocenters. The lowest BCUT2D eigenvalue weighted by molar-refractivity contribution is -0.0511. The fourth-order valence-electron chi connectivity index (χ4n) is 2.99. The zero-order valence-corrected chi connectivity index (χ0v) is 12.1. The van der Waals surface area contributed by atoms with Gasteiger partial charge in [-0.15, -0.1) is 0 Å². The van der Waals surface area contributed by atoms with Gasteiger partial charge in [-0.3, -0.25) is 0 Å². The summed E-state index contributed by atoms with van der Waals surface area (Å²) in [7, 11) is 0. The van der Waals surface area contributed by atoms with E-state index in [4.69, 9.17) is 9.47 Å². The minimum Gasteiger partial charge on any atom is -0.454 e. The van der Waals surface area contributed by atoms with Crippen LogP contribution in [0.15, 0.2) is 24.4 Å². The number of anilines is 1. The van der Waals surface area contributed by atoms with Crippen LogP contribution in [0.1, 0.15) is 20.3 Å². The van der Waals surface area contributed by atoms with E-state index in [1.54, 1.807) is 6.20 Å². The van der Waals surface area contributed by atoms with Crippen molar-refractivity contribution in [2.75, 3.05) is 12.1 Å². The molecule has 1 saturated carbocycles. The number of nitrogens with zero attached hydrogens (tertiary/aromatic N) is 1. The zero-order valence-electron chi connectivity index (χ0n) is 12.1. The molecular formula is C16H18N2O3. The van der Waals surface area contributed by atoms with Crippen molar-refractivity contribution >= 4 is 16.6 Å². The molecule has 1 aliphatic carbocycles. The molecule has 2 heterocycles. The quantitative estimate of drug-likeness (QED) is 0.888. The molecule has 1 aromatic carbocycles. The lowest BCUT2D eigenvalue weighted by Gasteiger charge is -2.49. The molecule has 4 rings (SSSR count). The van der Waals surface area contributed by atoms with E-state index in [0.717, 1.165) is 34.5 Å². The van der Waals surface area contributed by atoms with Gasteiger partial charge in [-0.05, 0) is 30.0 Å². The number of nitrogens with one attached hydrogen (secondary N) is 1. The Kier molecular flexibility index (Phi) is 2.57. The Bertz CT molecular complexity index is 714. The Morgan fingerprint density at radius 2 is 2.05 bits per heavy atom. The second-order valence-corrected chi connectivity index (χ2v) is 6.36. The predicted molar refractivity (Wildman–Crippen MR) is 79.7 cm³/mol. The third-order valence-corrected chi connectivity index (χ3v) is 4.78. The van der Waals surface area contributed by atoms with Gasteiger partial charge >= 0.3 is 0 Å². The minimum absolute atomic E-state index is 0.139. The maximum Gasteiger partial charge on any atom is 0.231 e. The average Bonchev–Trinajstić information content (AvgIpc) is 2.92. The van der Waals surface area contributed by atoms with Crippen LogP contribution in [0.5, 0.6) is 11.5 Å². The molecule has 1 aromatic heterocycles. The van der Waals surface area contributed by atoms with Crippen molar-refractivity contribution in [1.82, 2.24) is 4.98 Å². The first kappa shape index (κ1) is 12.7. The molecule has 0 spiro atoms. The lowest BCUT2D eigenvalue weighted by atomic mass is 9.64. The summed E-state index contributed by atoms with van der Waals surface area (Å²) in [4.78, 5) is 4.46. The average molecular weight is 286 g/mol. The fourth-order valence-corrected chi connectivity index (χ4v) is 2.99. The molecule has 0 amide bonds. The van der Waals surface area contributed by atoms with Crippen molar-refractivity contribution in [2.45, 2.75) is 32.4 Å². The number of aliphatic hydroxyl groups is 1. The van der Waals surface area contributed by atoms with Gasteiger partial charge < -0.3 is 19.9 Å². The Morgan fingerprint density at radius 1 is 1.29 bits per heavy atom. The van der Waals surface area contributed by atoms with Crippen molar-refractivity contribution < 1.29 is 14.6 Å². The van der Waals surface area contributed by atoms with Gasteiger partial charge in [-0.1, -0.05) is 13.8 Å². The Morgan fingerprint density at radius 3 is 2.76 bits per heavy atom. The van der Waals surface area contributed by atoms with Crippen LogP contribution in [0.4, 0.5) is 5.82 Å². The zero-order chi connectivity index (χ0) is 14.6. The topological polar surface area (TPSA) is 63.6 Å². The molecular weight excluding hydrogens is 268 g/mol. The summed E-state index contributed by atoms with van der Waals surface area (Å²) >= 11 is 0. The molecule has 110 valence electrons. The number of hydrogen-bond acceptors (Lipinski definition) is 5. The maximum absolute atomic E-state index is 9.87. The minimum atomic E-state index is -0.258. The van der Waals surface area contributed by atoms with Crippen molar-refractivity contribution in [2.24, 2.45) is 5.41 Å². The van der Waals surface area contributed by atoms with E-state index in [1.807, 2.05) is 18.2 Å². The van der Waals surface area contributed by atoms with Crippen molar-refractivity contribution in [3.63, 3.8) is 0 Å². The molecule has 2 aliphatic rings. The number of pyridine rings is 1. The molecule has 1 aliphatic heterocycles. The smallest absolute Gasteiger partial charge is 0.231 e. The molecule has 1 fully saturated rings. The number of fused-ring (bicyclic) bond motifs is 2. The lowest BCUT2D eigenvalue weighted by Crippen LogP contribution is -2.57. The highest BCUT2D eigenvalue weighted by atomic mass is 16.7. The molecule has 2 unspecified atom stereocenters. The van der Waals surface area contributed by atoms with Crippen molar-refractivity contribution in [3.05, 3.63) is 24.4 Å². The van der Waals surface area contributed by atoms with E-state index >= 15 is 0 Å². The van der Waals surface area contributed by atoms with Crippen LogP contribution in [0.25, 0.3) is 10.8 Å². The van der Waals surface area contributed by atoms with Gasteiger partial charge in [0.2, 0.25) is 6.79 Å². The molecule has 21 heavy (non-hydrogen) atoms. The van der Waals surface area contributed by atoms with E-state index in [2.05, 4.69) is 24.1 Å². The summed E-state index contributed by atoms with van der Waals surface area (Å²) in [5, 5.41) is 15.4. The number of aromatic nitrogens is 1. The second-order valence-electron chi connectivity index (χ2n) is 6.36. The third-order valence-electron chi connectivity index (χ3n) is 4.78. The highest BCUT2D eigenvalue weighted by molar-refractivity contribution is 5.94. The van der Waals surface area contributed by atoms with Gasteiger partial charge in [0.1, 0.15) is 5.82 Å². The Hall–Kier alpha value is -2.01. The first-order chi connectivity index (χ1) is 10.1. The van der Waals surface area contributed by atoms with Gasteiger partial charge in [0.25, 0.3) is 0 Å². The Labute approximate surface area is 122 Å². The third kappa shape index (κ3) is 1.84.